The predicted octanol–water partition coefficient (Wildman–Crippen LogP) is 3.05. The minimum absolute atomic E-state index is 0.0404. The third kappa shape index (κ3) is 3.49. The van der Waals surface area contributed by atoms with Crippen molar-refractivity contribution in [3.05, 3.63) is 65.5 Å². The minimum atomic E-state index is -0.228. The Balaban J connectivity index is 1.62. The Morgan fingerprint density at radius 2 is 1.77 bits per heavy atom. The lowest BCUT2D eigenvalue weighted by Crippen LogP contribution is -2.25. The van der Waals surface area contributed by atoms with Gasteiger partial charge in [-0.3, -0.25) is 4.79 Å². The summed E-state index contributed by atoms with van der Waals surface area (Å²) in [4.78, 5) is 11.1. The minimum Gasteiger partial charge on any atom is -0.381 e. The van der Waals surface area contributed by atoms with Gasteiger partial charge in [-0.2, -0.15) is 5.10 Å². The first-order chi connectivity index (χ1) is 10.7. The van der Waals surface area contributed by atoms with Crippen molar-refractivity contribution in [2.75, 3.05) is 5.32 Å². The Hall–Kier alpha value is -2.69. The average molecular weight is 297 g/mol. The summed E-state index contributed by atoms with van der Waals surface area (Å²) in [5.41, 5.74) is 6.40. The Morgan fingerprint density at radius 1 is 1.05 bits per heavy atom. The van der Waals surface area contributed by atoms with Crippen LogP contribution in [0.15, 0.2) is 53.6 Å². The van der Waals surface area contributed by atoms with Crippen LogP contribution in [-0.4, -0.2) is 11.6 Å². The molecule has 1 heterocycles. The van der Waals surface area contributed by atoms with Crippen molar-refractivity contribution in [1.29, 1.82) is 0 Å². The number of nitrogens with zero attached hydrogens (tertiary/aromatic N) is 1. The van der Waals surface area contributed by atoms with Crippen LogP contribution in [0.3, 0.4) is 0 Å². The maximum atomic E-state index is 12.8. The molecule has 0 atom stereocenters. The first-order valence-electron chi connectivity index (χ1n) is 7.15. The summed E-state index contributed by atoms with van der Waals surface area (Å²) in [5.74, 6) is -0.269. The molecule has 0 radical (unpaired) electrons. The predicted molar refractivity (Wildman–Crippen MR) is 84.1 cm³/mol. The maximum Gasteiger partial charge on any atom is 0.240 e. The van der Waals surface area contributed by atoms with E-state index in [1.54, 1.807) is 12.1 Å². The Morgan fingerprint density at radius 3 is 2.41 bits per heavy atom. The number of anilines is 1. The third-order valence-electron chi connectivity index (χ3n) is 3.53. The molecule has 1 aliphatic heterocycles. The number of halogens is 1. The fraction of sp³-hybridized carbons (Fsp3) is 0.176. The van der Waals surface area contributed by atoms with E-state index >= 15 is 0 Å². The Kier molecular flexibility index (Phi) is 4.14. The fourth-order valence-electron chi connectivity index (χ4n) is 2.27. The SMILES string of the molecule is O=C1CCC(c2ccc(NCc3ccc(F)cc3)cc2)=NN1. The van der Waals surface area contributed by atoms with Gasteiger partial charge in [-0.15, -0.1) is 0 Å². The molecule has 112 valence electrons. The van der Waals surface area contributed by atoms with Gasteiger partial charge in [0.1, 0.15) is 5.82 Å². The van der Waals surface area contributed by atoms with Gasteiger partial charge in [-0.25, -0.2) is 9.82 Å². The number of rotatable bonds is 4. The van der Waals surface area contributed by atoms with Gasteiger partial charge in [0.15, 0.2) is 0 Å². The van der Waals surface area contributed by atoms with Gasteiger partial charge >= 0.3 is 0 Å². The maximum absolute atomic E-state index is 12.8. The van der Waals surface area contributed by atoms with Crippen LogP contribution in [0.4, 0.5) is 10.1 Å². The molecule has 1 aliphatic rings. The molecule has 0 aromatic heterocycles. The zero-order valence-corrected chi connectivity index (χ0v) is 12.0. The quantitative estimate of drug-likeness (QED) is 0.911. The van der Waals surface area contributed by atoms with Gasteiger partial charge in [-0.05, 0) is 35.4 Å². The molecule has 22 heavy (non-hydrogen) atoms. The summed E-state index contributed by atoms with van der Waals surface area (Å²) in [7, 11) is 0. The second-order valence-electron chi connectivity index (χ2n) is 5.15. The highest BCUT2D eigenvalue weighted by atomic mass is 19.1. The van der Waals surface area contributed by atoms with Crippen molar-refractivity contribution >= 4 is 17.3 Å². The zero-order chi connectivity index (χ0) is 15.4. The second kappa shape index (κ2) is 6.39. The van der Waals surface area contributed by atoms with Gasteiger partial charge in [-0.1, -0.05) is 24.3 Å². The third-order valence-corrected chi connectivity index (χ3v) is 3.53. The highest BCUT2D eigenvalue weighted by Crippen LogP contribution is 2.15. The fourth-order valence-corrected chi connectivity index (χ4v) is 2.27. The highest BCUT2D eigenvalue weighted by Gasteiger charge is 2.12. The topological polar surface area (TPSA) is 53.5 Å². The first kappa shape index (κ1) is 14.3. The number of benzene rings is 2. The van der Waals surface area contributed by atoms with Crippen LogP contribution in [0.5, 0.6) is 0 Å². The smallest absolute Gasteiger partial charge is 0.240 e. The molecular formula is C17H16FN3O. The van der Waals surface area contributed by atoms with E-state index < -0.39 is 0 Å². The van der Waals surface area contributed by atoms with E-state index in [2.05, 4.69) is 15.8 Å². The molecule has 0 saturated heterocycles. The monoisotopic (exact) mass is 297 g/mol. The summed E-state index contributed by atoms with van der Waals surface area (Å²) in [6.45, 7) is 0.636. The lowest BCUT2D eigenvalue weighted by molar-refractivity contribution is -0.121. The molecule has 0 aliphatic carbocycles. The lowest BCUT2D eigenvalue weighted by Gasteiger charge is -2.13. The van der Waals surface area contributed by atoms with E-state index in [9.17, 15) is 9.18 Å². The van der Waals surface area contributed by atoms with Crippen LogP contribution in [0.25, 0.3) is 0 Å². The Labute approximate surface area is 128 Å². The van der Waals surface area contributed by atoms with Crippen LogP contribution >= 0.6 is 0 Å². The number of carbonyl (C=O) groups excluding carboxylic acids is 1. The van der Waals surface area contributed by atoms with E-state index in [4.69, 9.17) is 0 Å². The zero-order valence-electron chi connectivity index (χ0n) is 12.0. The molecule has 5 heteroatoms. The summed E-state index contributed by atoms with van der Waals surface area (Å²) < 4.78 is 12.8. The molecule has 2 N–H and O–H groups in total. The van der Waals surface area contributed by atoms with Crippen LogP contribution < -0.4 is 10.7 Å². The molecule has 3 rings (SSSR count). The molecule has 0 spiro atoms. The van der Waals surface area contributed by atoms with E-state index in [0.717, 1.165) is 22.5 Å². The molecule has 2 aromatic carbocycles. The summed E-state index contributed by atoms with van der Waals surface area (Å²) >= 11 is 0. The van der Waals surface area contributed by atoms with Crippen molar-refractivity contribution < 1.29 is 9.18 Å². The number of carbonyl (C=O) groups is 1. The van der Waals surface area contributed by atoms with Crippen molar-refractivity contribution in [3.8, 4) is 0 Å². The molecule has 0 fully saturated rings. The molecule has 0 saturated carbocycles. The van der Waals surface area contributed by atoms with Crippen molar-refractivity contribution in [3.63, 3.8) is 0 Å². The van der Waals surface area contributed by atoms with Gasteiger partial charge < -0.3 is 5.32 Å². The highest BCUT2D eigenvalue weighted by molar-refractivity contribution is 6.04. The van der Waals surface area contributed by atoms with E-state index in [1.807, 2.05) is 24.3 Å². The van der Waals surface area contributed by atoms with Crippen LogP contribution in [0, 0.1) is 5.82 Å². The lowest BCUT2D eigenvalue weighted by atomic mass is 10.0. The number of nitrogens with one attached hydrogen (secondary N) is 2. The molecule has 0 unspecified atom stereocenters. The van der Waals surface area contributed by atoms with Crippen LogP contribution in [0.2, 0.25) is 0 Å². The number of hydrogen-bond acceptors (Lipinski definition) is 3. The van der Waals surface area contributed by atoms with Crippen molar-refractivity contribution in [2.45, 2.75) is 19.4 Å². The normalized spacial score (nSPS) is 14.2. The van der Waals surface area contributed by atoms with Crippen LogP contribution in [0.1, 0.15) is 24.0 Å². The molecule has 2 aromatic rings. The molecule has 1 amide bonds. The molecule has 0 bridgehead atoms. The van der Waals surface area contributed by atoms with Gasteiger partial charge in [0.2, 0.25) is 5.91 Å². The number of hydrazone groups is 1. The summed E-state index contributed by atoms with van der Waals surface area (Å²) in [6.07, 6.45) is 1.14. The summed E-state index contributed by atoms with van der Waals surface area (Å²) in [6, 6.07) is 14.3. The van der Waals surface area contributed by atoms with E-state index in [0.29, 0.717) is 19.4 Å². The summed E-state index contributed by atoms with van der Waals surface area (Å²) in [5, 5.41) is 7.36. The molecular weight excluding hydrogens is 281 g/mol. The second-order valence-corrected chi connectivity index (χ2v) is 5.15. The number of amides is 1. The Bertz CT molecular complexity index is 693. The first-order valence-corrected chi connectivity index (χ1v) is 7.15. The van der Waals surface area contributed by atoms with Gasteiger partial charge in [0.25, 0.3) is 0 Å². The standard InChI is InChI=1S/C17H16FN3O/c18-14-5-1-12(2-6-14)11-19-15-7-3-13(4-8-15)16-9-10-17(22)21-20-16/h1-8,19H,9-11H2,(H,21,22). The van der Waals surface area contributed by atoms with Gasteiger partial charge in [0.05, 0.1) is 5.71 Å². The van der Waals surface area contributed by atoms with Gasteiger partial charge in [0, 0.05) is 25.1 Å². The van der Waals surface area contributed by atoms with Crippen LogP contribution in [-0.2, 0) is 11.3 Å². The largest absolute Gasteiger partial charge is 0.381 e. The van der Waals surface area contributed by atoms with E-state index in [-0.39, 0.29) is 11.7 Å². The van der Waals surface area contributed by atoms with Crippen molar-refractivity contribution in [1.82, 2.24) is 5.43 Å². The number of hydrogen-bond donors (Lipinski definition) is 2. The average Bonchev–Trinajstić information content (AvgIpc) is 2.56. The van der Waals surface area contributed by atoms with Crippen molar-refractivity contribution in [2.24, 2.45) is 5.10 Å². The van der Waals surface area contributed by atoms with E-state index in [1.165, 1.54) is 12.1 Å². The molecule has 4 nitrogen and oxygen atoms in total.